The quantitative estimate of drug-likeness (QED) is 0.0225. The number of aliphatic hydroxyl groups excluding tert-OH is 10. The van der Waals surface area contributed by atoms with Crippen LogP contribution in [0.3, 0.4) is 0 Å². The topological polar surface area (TPSA) is 498 Å². The van der Waals surface area contributed by atoms with Gasteiger partial charge in [0, 0.05) is 17.3 Å². The van der Waals surface area contributed by atoms with Gasteiger partial charge in [0.1, 0.15) is 77.4 Å². The highest BCUT2D eigenvalue weighted by molar-refractivity contribution is 5.94. The van der Waals surface area contributed by atoms with Crippen LogP contribution >= 0.6 is 0 Å². The molecular formula is C50H80N4O27+2. The van der Waals surface area contributed by atoms with Crippen LogP contribution in [0.5, 0.6) is 11.5 Å². The van der Waals surface area contributed by atoms with E-state index in [1.54, 1.807) is 19.4 Å². The van der Waals surface area contributed by atoms with Crippen molar-refractivity contribution in [3.63, 3.8) is 0 Å². The van der Waals surface area contributed by atoms with Crippen molar-refractivity contribution >= 4 is 35.3 Å². The van der Waals surface area contributed by atoms with Crippen molar-refractivity contribution in [2.45, 2.75) is 132 Å². The molecule has 4 fully saturated rings. The summed E-state index contributed by atoms with van der Waals surface area (Å²) in [5.74, 6) is -9.43. The predicted octanol–water partition coefficient (Wildman–Crippen LogP) is -7.20. The SMILES string of the molecule is CC.CC.C[NH2+]C1[C@H](O)OC(CO)[C@@H](O)[C@H]1CO[C@@H]1OC(C(=O)OCOC(=O)c2cc(N)ccc2O)[C@@H](COC[C@@H]2OC(CO)[C@@H](O)[C@@H](CO[C@@H]3OC(C(=O)OCOC(=O)c4cc(N)ccc4O)[C@@H](O)[C@@H](O)C3O)C2[NH2+]C)[C@@H](O)C1O. The van der Waals surface area contributed by atoms with E-state index in [0.29, 0.717) is 0 Å². The number of rotatable bonds is 22. The van der Waals surface area contributed by atoms with E-state index in [0.717, 1.165) is 24.3 Å². The number of aliphatic hydroxyl groups is 10. The summed E-state index contributed by atoms with van der Waals surface area (Å²) in [6.07, 6.45) is -25.6. The zero-order chi connectivity index (χ0) is 60.4. The lowest BCUT2D eigenvalue weighted by Crippen LogP contribution is -2.93. The number of phenols is 2. The second-order valence-corrected chi connectivity index (χ2v) is 18.5. The zero-order valence-corrected chi connectivity index (χ0v) is 45.5. The third-order valence-electron chi connectivity index (χ3n) is 13.7. The first kappa shape index (κ1) is 68.3. The first-order chi connectivity index (χ1) is 38.6. The molecule has 0 saturated carbocycles. The number of esters is 4. The number of benzene rings is 2. The van der Waals surface area contributed by atoms with E-state index in [-0.39, 0.29) is 22.5 Å². The van der Waals surface area contributed by atoms with Gasteiger partial charge in [-0.2, -0.15) is 0 Å². The number of hydrogen-bond donors (Lipinski definition) is 16. The van der Waals surface area contributed by atoms with Gasteiger partial charge in [-0.1, -0.05) is 27.7 Å². The van der Waals surface area contributed by atoms with Gasteiger partial charge in [-0.3, -0.25) is 0 Å². The van der Waals surface area contributed by atoms with Crippen molar-refractivity contribution in [2.75, 3.05) is 78.8 Å². The number of carbonyl (C=O) groups is 4. The Hall–Kier alpha value is -5.24. The van der Waals surface area contributed by atoms with E-state index in [2.05, 4.69) is 0 Å². The standard InChI is InChI=1S/C46H66N4O27.2C2H6/c1-49-29-21(12-68-46-37(61)34(58)35(59)39(77-46)44(66)73-16-71-41(63)20-8-18(48)4-6-25(20)54)31(55)26(9-51)74-28(29)14-67-11-23-33(57)36(60)45(69-13-22-30(50-2)42(64)75-27(10-52)32(22)56)76-38(23)43(65)72-15-70-40(62)19-7-17(47)3-5-24(19)53;2*1-2/h3-8,21-23,26-39,42,45-46,49-61,64H,9-16,47-48H2,1-2H3;2*1-2H3/p+2/t21-,22-,23-,26?,27?,28-,29?,30?,31-,32-,33+,34+,35-,36?,37?,38?,39?,42+,45+,46+;;/m0../s1. The molecule has 81 heavy (non-hydrogen) atoms. The molecule has 20 atom stereocenters. The number of carbonyl (C=O) groups excluding carboxylic acids is 4. The van der Waals surface area contributed by atoms with Crippen LogP contribution in [0.15, 0.2) is 36.4 Å². The Morgan fingerprint density at radius 1 is 0.506 bits per heavy atom. The Labute approximate surface area is 465 Å². The van der Waals surface area contributed by atoms with E-state index < -0.39 is 211 Å². The molecule has 0 bridgehead atoms. The fourth-order valence-corrected chi connectivity index (χ4v) is 9.41. The Morgan fingerprint density at radius 3 is 1.43 bits per heavy atom. The molecule has 20 N–H and O–H groups in total. The summed E-state index contributed by atoms with van der Waals surface area (Å²) in [7, 11) is 3.15. The van der Waals surface area contributed by atoms with Gasteiger partial charge in [0.2, 0.25) is 19.9 Å². The number of nitrogen functional groups attached to an aromatic ring is 2. The van der Waals surface area contributed by atoms with Gasteiger partial charge < -0.3 is 135 Å². The third kappa shape index (κ3) is 17.0. The lowest BCUT2D eigenvalue weighted by atomic mass is 9.84. The van der Waals surface area contributed by atoms with Crippen molar-refractivity contribution in [3.05, 3.63) is 47.5 Å². The molecule has 4 heterocycles. The van der Waals surface area contributed by atoms with Gasteiger partial charge in [-0.25, -0.2) is 19.2 Å². The van der Waals surface area contributed by atoms with E-state index in [1.807, 2.05) is 27.7 Å². The minimum Gasteiger partial charge on any atom is -0.507 e. The van der Waals surface area contributed by atoms with Crippen molar-refractivity contribution in [1.82, 2.24) is 0 Å². The molecule has 2 aromatic rings. The average molecular weight is 1170 g/mol. The van der Waals surface area contributed by atoms with E-state index in [9.17, 15) is 80.5 Å². The maximum atomic E-state index is 13.8. The summed E-state index contributed by atoms with van der Waals surface area (Å²) < 4.78 is 60.1. The summed E-state index contributed by atoms with van der Waals surface area (Å²) in [6, 6.07) is 5.40. The van der Waals surface area contributed by atoms with Crippen LogP contribution in [0.1, 0.15) is 48.4 Å². The lowest BCUT2D eigenvalue weighted by Gasteiger charge is -2.44. The molecule has 4 saturated heterocycles. The summed E-state index contributed by atoms with van der Waals surface area (Å²) in [5.41, 5.74) is 10.8. The highest BCUT2D eigenvalue weighted by Gasteiger charge is 2.54. The number of likely N-dealkylation sites (N-methyl/N-ethyl adjacent to an activating group) is 2. The monoisotopic (exact) mass is 1170 g/mol. The molecular weight excluding hydrogens is 1090 g/mol. The van der Waals surface area contributed by atoms with Gasteiger partial charge in [0.15, 0.2) is 24.8 Å². The van der Waals surface area contributed by atoms with E-state index >= 15 is 0 Å². The van der Waals surface area contributed by atoms with Gasteiger partial charge in [-0.05, 0) is 36.4 Å². The van der Waals surface area contributed by atoms with Crippen LogP contribution in [0.25, 0.3) is 0 Å². The molecule has 0 amide bonds. The number of anilines is 2. The van der Waals surface area contributed by atoms with Gasteiger partial charge in [0.25, 0.3) is 0 Å². The fourth-order valence-electron chi connectivity index (χ4n) is 9.41. The normalized spacial score (nSPS) is 33.8. The highest BCUT2D eigenvalue weighted by atomic mass is 16.7. The molecule has 6 rings (SSSR count). The van der Waals surface area contributed by atoms with Crippen molar-refractivity contribution < 1.29 is 143 Å². The minimum absolute atomic E-state index is 0.0989. The van der Waals surface area contributed by atoms with E-state index in [1.165, 1.54) is 17.4 Å². The molecule has 0 spiro atoms. The van der Waals surface area contributed by atoms with Crippen molar-refractivity contribution in [2.24, 2.45) is 17.8 Å². The van der Waals surface area contributed by atoms with Gasteiger partial charge >= 0.3 is 23.9 Å². The maximum Gasteiger partial charge on any atom is 0.344 e. The Morgan fingerprint density at radius 2 is 0.951 bits per heavy atom. The fraction of sp³-hybridized carbons (Fsp3) is 0.680. The van der Waals surface area contributed by atoms with Crippen LogP contribution in [0, 0.1) is 17.8 Å². The van der Waals surface area contributed by atoms with Crippen LogP contribution in [0.2, 0.25) is 0 Å². The summed E-state index contributed by atoms with van der Waals surface area (Å²) in [5, 5.41) is 131. The molecule has 460 valence electrons. The van der Waals surface area contributed by atoms with Crippen LogP contribution < -0.4 is 22.1 Å². The number of quaternary nitrogens is 2. The maximum absolute atomic E-state index is 13.8. The second-order valence-electron chi connectivity index (χ2n) is 18.5. The Bertz CT molecular complexity index is 2290. The smallest absolute Gasteiger partial charge is 0.344 e. The first-order valence-corrected chi connectivity index (χ1v) is 26.2. The Balaban J connectivity index is 0.00000345. The molecule has 31 nitrogen and oxygen atoms in total. The molecule has 2 aromatic carbocycles. The average Bonchev–Trinajstić information content (AvgIpc) is 3.47. The summed E-state index contributed by atoms with van der Waals surface area (Å²) >= 11 is 0. The first-order valence-electron chi connectivity index (χ1n) is 26.2. The van der Waals surface area contributed by atoms with Crippen molar-refractivity contribution in [3.8, 4) is 11.5 Å². The van der Waals surface area contributed by atoms with Crippen LogP contribution in [0.4, 0.5) is 11.4 Å². The summed E-state index contributed by atoms with van der Waals surface area (Å²) in [6.45, 7) is 2.38. The molecule has 0 aliphatic carbocycles. The minimum atomic E-state index is -2.09. The third-order valence-corrected chi connectivity index (χ3v) is 13.7. The van der Waals surface area contributed by atoms with Crippen molar-refractivity contribution in [1.29, 1.82) is 0 Å². The molecule has 31 heteroatoms. The van der Waals surface area contributed by atoms with E-state index in [4.69, 9.17) is 63.6 Å². The number of phenolic OH excluding ortho intramolecular Hbond substituents is 2. The predicted molar refractivity (Wildman–Crippen MR) is 270 cm³/mol. The molecule has 4 aliphatic heterocycles. The number of aromatic hydroxyl groups is 2. The lowest BCUT2D eigenvalue weighted by molar-refractivity contribution is -0.694. The highest BCUT2D eigenvalue weighted by Crippen LogP contribution is 2.33. The molecule has 0 aromatic heterocycles. The zero-order valence-electron chi connectivity index (χ0n) is 45.5. The number of ether oxygens (including phenoxy) is 11. The Kier molecular flexibility index (Phi) is 27.4. The van der Waals surface area contributed by atoms with Gasteiger partial charge in [0.05, 0.1) is 83.9 Å². The largest absolute Gasteiger partial charge is 0.507 e. The second kappa shape index (κ2) is 32.6. The summed E-state index contributed by atoms with van der Waals surface area (Å²) in [4.78, 5) is 51.9. The van der Waals surface area contributed by atoms with Gasteiger partial charge in [-0.15, -0.1) is 0 Å². The molecule has 8 unspecified atom stereocenters. The van der Waals surface area contributed by atoms with Crippen LogP contribution in [-0.4, -0.2) is 257 Å². The molecule has 0 radical (unpaired) electrons. The number of hydrogen-bond acceptors (Lipinski definition) is 29. The molecule has 4 aliphatic rings. The van der Waals surface area contributed by atoms with Crippen LogP contribution in [-0.2, 0) is 61.7 Å². The number of nitrogens with two attached hydrogens (primary N) is 4.